The van der Waals surface area contributed by atoms with E-state index >= 15 is 0 Å². The molecule has 1 N–H and O–H groups in total. The topological polar surface area (TPSA) is 12.0 Å². The number of thiophene rings is 1. The molecule has 13 heavy (non-hydrogen) atoms. The second-order valence-corrected chi connectivity index (χ2v) is 5.10. The Kier molecular flexibility index (Phi) is 3.15. The highest BCUT2D eigenvalue weighted by atomic mass is 32.1. The van der Waals surface area contributed by atoms with Crippen LogP contribution in [0, 0.1) is 5.41 Å². The maximum Gasteiger partial charge on any atom is 0.0520 e. The van der Waals surface area contributed by atoms with Crippen LogP contribution in [0.3, 0.4) is 0 Å². The first kappa shape index (κ1) is 10.3. The van der Waals surface area contributed by atoms with Gasteiger partial charge in [-0.25, -0.2) is 0 Å². The van der Waals surface area contributed by atoms with Gasteiger partial charge in [-0.1, -0.05) is 26.8 Å². The Morgan fingerprint density at radius 2 is 2.08 bits per heavy atom. The van der Waals surface area contributed by atoms with Crippen LogP contribution in [0.15, 0.2) is 17.5 Å². The van der Waals surface area contributed by atoms with E-state index in [-0.39, 0.29) is 5.41 Å². The van der Waals surface area contributed by atoms with Crippen molar-refractivity contribution in [1.29, 1.82) is 0 Å². The normalized spacial score (nSPS) is 12.3. The summed E-state index contributed by atoms with van der Waals surface area (Å²) < 4.78 is 0. The van der Waals surface area contributed by atoms with Gasteiger partial charge in [0, 0.05) is 11.9 Å². The molecule has 0 aliphatic heterocycles. The Labute approximate surface area is 84.5 Å². The van der Waals surface area contributed by atoms with E-state index in [0.29, 0.717) is 0 Å². The van der Waals surface area contributed by atoms with Gasteiger partial charge in [-0.3, -0.25) is 0 Å². The van der Waals surface area contributed by atoms with Gasteiger partial charge in [0.1, 0.15) is 0 Å². The number of rotatable bonds is 2. The van der Waals surface area contributed by atoms with Crippen LogP contribution < -0.4 is 5.32 Å². The predicted octanol–water partition coefficient (Wildman–Crippen LogP) is 3.85. The first-order valence-electron chi connectivity index (χ1n) is 4.47. The highest BCUT2D eigenvalue weighted by Gasteiger charge is 2.05. The molecule has 0 amide bonds. The average molecular weight is 195 g/mol. The third kappa shape index (κ3) is 3.23. The highest BCUT2D eigenvalue weighted by Crippen LogP contribution is 2.25. The van der Waals surface area contributed by atoms with Gasteiger partial charge in [0.05, 0.1) is 5.69 Å². The maximum absolute atomic E-state index is 3.17. The molecular weight excluding hydrogens is 178 g/mol. The molecule has 0 saturated heterocycles. The van der Waals surface area contributed by atoms with E-state index in [1.807, 2.05) is 7.05 Å². The molecule has 0 spiro atoms. The van der Waals surface area contributed by atoms with Crippen molar-refractivity contribution in [3.05, 3.63) is 22.4 Å². The van der Waals surface area contributed by atoms with Crippen LogP contribution >= 0.6 is 11.3 Å². The molecule has 72 valence electrons. The minimum Gasteiger partial charge on any atom is -0.387 e. The first-order valence-corrected chi connectivity index (χ1v) is 5.35. The minimum absolute atomic E-state index is 0.259. The quantitative estimate of drug-likeness (QED) is 0.756. The molecule has 1 heterocycles. The van der Waals surface area contributed by atoms with Crippen LogP contribution in [-0.2, 0) is 0 Å². The van der Waals surface area contributed by atoms with Crippen molar-refractivity contribution in [3.8, 4) is 0 Å². The lowest BCUT2D eigenvalue weighted by Gasteiger charge is -2.10. The number of hydrogen-bond acceptors (Lipinski definition) is 2. The Morgan fingerprint density at radius 3 is 2.62 bits per heavy atom. The van der Waals surface area contributed by atoms with Gasteiger partial charge in [0.25, 0.3) is 0 Å². The van der Waals surface area contributed by atoms with Gasteiger partial charge < -0.3 is 5.32 Å². The lowest BCUT2D eigenvalue weighted by Crippen LogP contribution is -1.98. The Balaban J connectivity index is 2.79. The van der Waals surface area contributed by atoms with Gasteiger partial charge in [-0.15, -0.1) is 11.3 Å². The van der Waals surface area contributed by atoms with Crippen LogP contribution in [0.4, 0.5) is 5.69 Å². The fourth-order valence-electron chi connectivity index (χ4n) is 0.982. The standard InChI is InChI=1S/C11H17NS/c1-11(2,3)7-5-10-9(12-4)6-8-13-10/h5-8,12H,1-4H3/b7-5-. The molecule has 0 fully saturated rings. The van der Waals surface area contributed by atoms with E-state index in [1.165, 1.54) is 10.6 Å². The molecular formula is C11H17NS. The fraction of sp³-hybridized carbons (Fsp3) is 0.455. The van der Waals surface area contributed by atoms with Crippen LogP contribution in [0.1, 0.15) is 25.6 Å². The Bertz CT molecular complexity index is 291. The molecule has 0 saturated carbocycles. The summed E-state index contributed by atoms with van der Waals surface area (Å²) in [5, 5.41) is 5.28. The van der Waals surface area contributed by atoms with Crippen molar-refractivity contribution in [2.45, 2.75) is 20.8 Å². The zero-order valence-corrected chi connectivity index (χ0v) is 9.53. The minimum atomic E-state index is 0.259. The van der Waals surface area contributed by atoms with Crippen molar-refractivity contribution in [1.82, 2.24) is 0 Å². The second-order valence-electron chi connectivity index (χ2n) is 4.15. The van der Waals surface area contributed by atoms with E-state index in [4.69, 9.17) is 0 Å². The molecule has 0 aromatic carbocycles. The van der Waals surface area contributed by atoms with Crippen LogP contribution in [0.2, 0.25) is 0 Å². The summed E-state index contributed by atoms with van der Waals surface area (Å²) in [7, 11) is 1.95. The number of allylic oxidation sites excluding steroid dienone is 1. The molecule has 1 aromatic rings. The van der Waals surface area contributed by atoms with E-state index in [2.05, 4.69) is 49.7 Å². The van der Waals surface area contributed by atoms with Gasteiger partial charge in [0.15, 0.2) is 0 Å². The second kappa shape index (κ2) is 3.97. The molecule has 0 aliphatic rings. The lowest BCUT2D eigenvalue weighted by atomic mass is 9.96. The fourth-order valence-corrected chi connectivity index (χ4v) is 1.78. The number of anilines is 1. The summed E-state index contributed by atoms with van der Waals surface area (Å²) >= 11 is 1.77. The lowest BCUT2D eigenvalue weighted by molar-refractivity contribution is 0.547. The van der Waals surface area contributed by atoms with Crippen molar-refractivity contribution in [2.75, 3.05) is 12.4 Å². The smallest absolute Gasteiger partial charge is 0.0520 e. The summed E-state index contributed by atoms with van der Waals surface area (Å²) in [6.07, 6.45) is 4.43. The van der Waals surface area contributed by atoms with Crippen molar-refractivity contribution in [3.63, 3.8) is 0 Å². The first-order chi connectivity index (χ1) is 6.03. The molecule has 2 heteroatoms. The SMILES string of the molecule is CNc1ccsc1/C=C\C(C)(C)C. The number of hydrogen-bond donors (Lipinski definition) is 1. The van der Waals surface area contributed by atoms with Gasteiger partial charge >= 0.3 is 0 Å². The molecule has 0 bridgehead atoms. The van der Waals surface area contributed by atoms with E-state index in [0.717, 1.165) is 0 Å². The Hall–Kier alpha value is -0.760. The van der Waals surface area contributed by atoms with Crippen molar-refractivity contribution in [2.24, 2.45) is 5.41 Å². The van der Waals surface area contributed by atoms with Crippen molar-refractivity contribution >= 4 is 23.1 Å². The molecule has 0 atom stereocenters. The third-order valence-electron chi connectivity index (χ3n) is 1.70. The van der Waals surface area contributed by atoms with E-state index in [1.54, 1.807) is 11.3 Å². The van der Waals surface area contributed by atoms with Crippen LogP contribution in [-0.4, -0.2) is 7.05 Å². The summed E-state index contributed by atoms with van der Waals surface area (Å²) in [6.45, 7) is 6.61. The highest BCUT2D eigenvalue weighted by molar-refractivity contribution is 7.11. The van der Waals surface area contributed by atoms with Crippen LogP contribution in [0.5, 0.6) is 0 Å². The summed E-state index contributed by atoms with van der Waals surface area (Å²) in [4.78, 5) is 1.30. The molecule has 1 aromatic heterocycles. The van der Waals surface area contributed by atoms with Crippen molar-refractivity contribution < 1.29 is 0 Å². The van der Waals surface area contributed by atoms with Gasteiger partial charge in [-0.05, 0) is 22.9 Å². The third-order valence-corrected chi connectivity index (χ3v) is 2.58. The van der Waals surface area contributed by atoms with Crippen LogP contribution in [0.25, 0.3) is 6.08 Å². The zero-order chi connectivity index (χ0) is 9.90. The van der Waals surface area contributed by atoms with Gasteiger partial charge in [-0.2, -0.15) is 0 Å². The van der Waals surface area contributed by atoms with E-state index < -0.39 is 0 Å². The average Bonchev–Trinajstić information content (AvgIpc) is 2.46. The summed E-state index contributed by atoms with van der Waals surface area (Å²) in [6, 6.07) is 2.10. The summed E-state index contributed by atoms with van der Waals surface area (Å²) in [5.74, 6) is 0. The molecule has 0 radical (unpaired) electrons. The maximum atomic E-state index is 3.17. The molecule has 0 unspecified atom stereocenters. The molecule has 1 rings (SSSR count). The molecule has 1 nitrogen and oxygen atoms in total. The largest absolute Gasteiger partial charge is 0.387 e. The summed E-state index contributed by atoms with van der Waals surface area (Å²) in [5.41, 5.74) is 1.47. The predicted molar refractivity (Wildman–Crippen MR) is 62.4 cm³/mol. The monoisotopic (exact) mass is 195 g/mol. The van der Waals surface area contributed by atoms with Gasteiger partial charge in [0.2, 0.25) is 0 Å². The van der Waals surface area contributed by atoms with E-state index in [9.17, 15) is 0 Å². The molecule has 0 aliphatic carbocycles. The number of nitrogens with one attached hydrogen (secondary N) is 1. The zero-order valence-electron chi connectivity index (χ0n) is 8.72. The Morgan fingerprint density at radius 1 is 1.38 bits per heavy atom.